The second-order valence-corrected chi connectivity index (χ2v) is 7.52. The van der Waals surface area contributed by atoms with Crippen molar-refractivity contribution in [3.05, 3.63) is 23.2 Å². The van der Waals surface area contributed by atoms with Crippen LogP contribution in [0.1, 0.15) is 12.8 Å². The third-order valence-electron chi connectivity index (χ3n) is 3.82. The molecule has 118 valence electrons. The highest BCUT2D eigenvalue weighted by Crippen LogP contribution is 2.30. The van der Waals surface area contributed by atoms with Crippen LogP contribution in [0.2, 0.25) is 5.02 Å². The molecule has 1 aromatic rings. The van der Waals surface area contributed by atoms with E-state index in [2.05, 4.69) is 5.32 Å². The maximum absolute atomic E-state index is 12.7. The molecular weight excluding hydrogens is 312 g/mol. The summed E-state index contributed by atoms with van der Waals surface area (Å²) < 4.78 is 32.0. The molecule has 1 aliphatic rings. The van der Waals surface area contributed by atoms with E-state index < -0.39 is 10.0 Å². The Balaban J connectivity index is 2.19. The lowest BCUT2D eigenvalue weighted by Crippen LogP contribution is -2.40. The van der Waals surface area contributed by atoms with E-state index in [1.165, 1.54) is 17.5 Å². The molecule has 1 heterocycles. The Morgan fingerprint density at radius 1 is 1.38 bits per heavy atom. The second kappa shape index (κ2) is 6.96. The summed E-state index contributed by atoms with van der Waals surface area (Å²) in [5.74, 6) is 1.02. The van der Waals surface area contributed by atoms with Crippen LogP contribution in [0.25, 0.3) is 0 Å². The fourth-order valence-electron chi connectivity index (χ4n) is 2.59. The van der Waals surface area contributed by atoms with Crippen molar-refractivity contribution in [3.8, 4) is 5.75 Å². The van der Waals surface area contributed by atoms with Gasteiger partial charge in [0.15, 0.2) is 0 Å². The minimum absolute atomic E-state index is 0.121. The summed E-state index contributed by atoms with van der Waals surface area (Å²) in [6.07, 6.45) is 1.73. The van der Waals surface area contributed by atoms with Crippen LogP contribution in [0, 0.1) is 5.92 Å². The lowest BCUT2D eigenvalue weighted by molar-refractivity contribution is 0.270. The van der Waals surface area contributed by atoms with Crippen LogP contribution in [0.4, 0.5) is 0 Å². The van der Waals surface area contributed by atoms with Crippen molar-refractivity contribution >= 4 is 21.6 Å². The van der Waals surface area contributed by atoms with Crippen molar-refractivity contribution in [2.24, 2.45) is 5.92 Å². The van der Waals surface area contributed by atoms with E-state index in [1.54, 1.807) is 12.1 Å². The highest BCUT2D eigenvalue weighted by molar-refractivity contribution is 7.89. The van der Waals surface area contributed by atoms with Gasteiger partial charge in [0.1, 0.15) is 10.6 Å². The number of hydrogen-bond donors (Lipinski definition) is 1. The molecular formula is C14H21ClN2O3S. The van der Waals surface area contributed by atoms with Gasteiger partial charge in [-0.3, -0.25) is 0 Å². The molecule has 7 heteroatoms. The number of methoxy groups -OCH3 is 1. The van der Waals surface area contributed by atoms with E-state index in [0.717, 1.165) is 19.4 Å². The largest absolute Gasteiger partial charge is 0.497 e. The highest BCUT2D eigenvalue weighted by Gasteiger charge is 2.30. The molecule has 1 fully saturated rings. The number of halogens is 1. The van der Waals surface area contributed by atoms with Gasteiger partial charge in [-0.15, -0.1) is 0 Å². The second-order valence-electron chi connectivity index (χ2n) is 5.20. The number of hydrogen-bond acceptors (Lipinski definition) is 4. The minimum atomic E-state index is -3.56. The summed E-state index contributed by atoms with van der Waals surface area (Å²) in [7, 11) is -0.144. The molecule has 0 unspecified atom stereocenters. The number of piperidine rings is 1. The van der Waals surface area contributed by atoms with Gasteiger partial charge in [-0.05, 0) is 44.5 Å². The summed E-state index contributed by atoms with van der Waals surface area (Å²) in [5, 5.41) is 3.37. The van der Waals surface area contributed by atoms with Crippen LogP contribution < -0.4 is 10.1 Å². The number of nitrogens with zero attached hydrogens (tertiary/aromatic N) is 1. The Kier molecular flexibility index (Phi) is 5.48. The van der Waals surface area contributed by atoms with Crippen molar-refractivity contribution < 1.29 is 13.2 Å². The van der Waals surface area contributed by atoms with E-state index in [0.29, 0.717) is 24.8 Å². The zero-order valence-electron chi connectivity index (χ0n) is 12.3. The third kappa shape index (κ3) is 3.69. The molecule has 0 radical (unpaired) electrons. The number of ether oxygens (including phenoxy) is 1. The van der Waals surface area contributed by atoms with Crippen LogP contribution in [0.5, 0.6) is 5.75 Å². The topological polar surface area (TPSA) is 58.6 Å². The maximum Gasteiger partial charge on any atom is 0.244 e. The molecule has 1 aliphatic heterocycles. The highest BCUT2D eigenvalue weighted by atomic mass is 35.5. The summed E-state index contributed by atoms with van der Waals surface area (Å²) in [6, 6.07) is 4.69. The molecule has 1 saturated heterocycles. The van der Waals surface area contributed by atoms with E-state index in [4.69, 9.17) is 16.3 Å². The molecule has 1 aromatic carbocycles. The SMILES string of the molecule is CNCC1CCN(S(=O)(=O)c2cc(OC)ccc2Cl)CC1. The lowest BCUT2D eigenvalue weighted by atomic mass is 9.98. The van der Waals surface area contributed by atoms with Crippen LogP contribution >= 0.6 is 11.6 Å². The van der Waals surface area contributed by atoms with Gasteiger partial charge in [0.05, 0.1) is 12.1 Å². The molecule has 2 rings (SSSR count). The number of rotatable bonds is 5. The summed E-state index contributed by atoms with van der Waals surface area (Å²) in [6.45, 7) is 1.98. The monoisotopic (exact) mass is 332 g/mol. The van der Waals surface area contributed by atoms with Crippen LogP contribution in [0.3, 0.4) is 0 Å². The predicted octanol–water partition coefficient (Wildman–Crippen LogP) is 1.97. The standard InChI is InChI=1S/C14H21ClN2O3S/c1-16-10-11-5-7-17(8-6-11)21(18,19)14-9-12(20-2)3-4-13(14)15/h3-4,9,11,16H,5-8,10H2,1-2H3. The van der Waals surface area contributed by atoms with Gasteiger partial charge in [0.2, 0.25) is 10.0 Å². The Morgan fingerprint density at radius 3 is 2.62 bits per heavy atom. The van der Waals surface area contributed by atoms with Gasteiger partial charge in [0.25, 0.3) is 0 Å². The molecule has 5 nitrogen and oxygen atoms in total. The molecule has 0 atom stereocenters. The Labute approximate surface area is 131 Å². The average Bonchev–Trinajstić information content (AvgIpc) is 2.48. The van der Waals surface area contributed by atoms with Crippen LogP contribution in [-0.4, -0.2) is 46.5 Å². The molecule has 1 N–H and O–H groups in total. The van der Waals surface area contributed by atoms with Gasteiger partial charge in [-0.1, -0.05) is 11.6 Å². The van der Waals surface area contributed by atoms with E-state index in [1.807, 2.05) is 7.05 Å². The van der Waals surface area contributed by atoms with Gasteiger partial charge >= 0.3 is 0 Å². The lowest BCUT2D eigenvalue weighted by Gasteiger charge is -2.31. The third-order valence-corrected chi connectivity index (χ3v) is 6.20. The van der Waals surface area contributed by atoms with Crippen molar-refractivity contribution in [2.45, 2.75) is 17.7 Å². The Hall–Kier alpha value is -0.820. The van der Waals surface area contributed by atoms with Crippen molar-refractivity contribution in [3.63, 3.8) is 0 Å². The first-order chi connectivity index (χ1) is 9.98. The number of benzene rings is 1. The zero-order valence-corrected chi connectivity index (χ0v) is 13.9. The summed E-state index contributed by atoms with van der Waals surface area (Å²) in [4.78, 5) is 0.121. The first-order valence-electron chi connectivity index (χ1n) is 6.97. The fourth-order valence-corrected chi connectivity index (χ4v) is 4.55. The molecule has 21 heavy (non-hydrogen) atoms. The predicted molar refractivity (Wildman–Crippen MR) is 83.4 cm³/mol. The van der Waals surface area contributed by atoms with E-state index in [-0.39, 0.29) is 9.92 Å². The van der Waals surface area contributed by atoms with Gasteiger partial charge in [0, 0.05) is 19.2 Å². The summed E-state index contributed by atoms with van der Waals surface area (Å²) >= 11 is 6.06. The van der Waals surface area contributed by atoms with Crippen LogP contribution in [-0.2, 0) is 10.0 Å². The zero-order chi connectivity index (χ0) is 15.5. The van der Waals surface area contributed by atoms with Crippen LogP contribution in [0.15, 0.2) is 23.1 Å². The fraction of sp³-hybridized carbons (Fsp3) is 0.571. The Bertz CT molecular complexity index is 584. The first-order valence-corrected chi connectivity index (χ1v) is 8.79. The minimum Gasteiger partial charge on any atom is -0.497 e. The van der Waals surface area contributed by atoms with Gasteiger partial charge in [-0.2, -0.15) is 4.31 Å². The van der Waals surface area contributed by atoms with E-state index >= 15 is 0 Å². The van der Waals surface area contributed by atoms with Crippen molar-refractivity contribution in [1.82, 2.24) is 9.62 Å². The van der Waals surface area contributed by atoms with Crippen molar-refractivity contribution in [2.75, 3.05) is 33.8 Å². The molecule has 0 aliphatic carbocycles. The molecule has 0 bridgehead atoms. The molecule has 0 amide bonds. The average molecular weight is 333 g/mol. The normalized spacial score (nSPS) is 17.9. The number of sulfonamides is 1. The number of nitrogens with one attached hydrogen (secondary N) is 1. The smallest absolute Gasteiger partial charge is 0.244 e. The molecule has 0 saturated carbocycles. The molecule has 0 spiro atoms. The van der Waals surface area contributed by atoms with Gasteiger partial charge < -0.3 is 10.1 Å². The van der Waals surface area contributed by atoms with E-state index in [9.17, 15) is 8.42 Å². The van der Waals surface area contributed by atoms with Crippen molar-refractivity contribution in [1.29, 1.82) is 0 Å². The maximum atomic E-state index is 12.7. The summed E-state index contributed by atoms with van der Waals surface area (Å²) in [5.41, 5.74) is 0. The van der Waals surface area contributed by atoms with Gasteiger partial charge in [-0.25, -0.2) is 8.42 Å². The first kappa shape index (κ1) is 16.5. The molecule has 0 aromatic heterocycles. The quantitative estimate of drug-likeness (QED) is 0.895. The Morgan fingerprint density at radius 2 is 2.05 bits per heavy atom.